The van der Waals surface area contributed by atoms with Crippen molar-refractivity contribution in [1.29, 1.82) is 0 Å². The molecule has 0 spiro atoms. The van der Waals surface area contributed by atoms with E-state index >= 15 is 0 Å². The molecule has 30 nitrogen and oxygen atoms in total. The van der Waals surface area contributed by atoms with Gasteiger partial charge in [-0.05, 0) is 88.5 Å². The number of aliphatic hydroxyl groups is 5. The van der Waals surface area contributed by atoms with Crippen LogP contribution in [0.25, 0.3) is 0 Å². The van der Waals surface area contributed by atoms with Gasteiger partial charge in [-0.1, -0.05) is 30.3 Å². The summed E-state index contributed by atoms with van der Waals surface area (Å²) in [7, 11) is 0. The Balaban J connectivity index is 0.971. The molecule has 0 aliphatic carbocycles. The Bertz CT molecular complexity index is 5270. The van der Waals surface area contributed by atoms with Gasteiger partial charge < -0.3 is 151 Å². The van der Waals surface area contributed by atoms with Gasteiger partial charge in [-0.15, -0.1) is 0 Å². The first-order valence-electron chi connectivity index (χ1n) is 32.1. The molecule has 0 bridgehead atoms. The highest BCUT2D eigenvalue weighted by Crippen LogP contribution is 2.66. The molecular weight excluding hydrogens is 1380 g/mol. The van der Waals surface area contributed by atoms with E-state index < -0.39 is 274 Å². The van der Waals surface area contributed by atoms with Crippen molar-refractivity contribution in [2.45, 2.75) is 91.1 Å². The van der Waals surface area contributed by atoms with E-state index in [1.165, 1.54) is 30.3 Å². The van der Waals surface area contributed by atoms with Crippen molar-refractivity contribution >= 4 is 0 Å². The third-order valence-corrected chi connectivity index (χ3v) is 20.2. The van der Waals surface area contributed by atoms with Crippen molar-refractivity contribution in [3.05, 3.63) is 205 Å². The lowest BCUT2D eigenvalue weighted by Gasteiger charge is -2.43. The lowest BCUT2D eigenvalue weighted by molar-refractivity contribution is -0.000599. The first-order chi connectivity index (χ1) is 49.9. The Morgan fingerprint density at radius 3 is 0.829 bits per heavy atom. The predicted molar refractivity (Wildman–Crippen MR) is 356 cm³/mol. The Hall–Kier alpha value is -13.0. The average Bonchev–Trinajstić information content (AvgIpc) is 0.711. The molecule has 5 heterocycles. The summed E-state index contributed by atoms with van der Waals surface area (Å²) < 4.78 is 31.7. The van der Waals surface area contributed by atoms with Crippen molar-refractivity contribution in [2.24, 2.45) is 0 Å². The van der Waals surface area contributed by atoms with Crippen LogP contribution in [0.1, 0.15) is 132 Å². The lowest BCUT2D eigenvalue weighted by Crippen LogP contribution is -2.38. The number of phenols is 20. The minimum Gasteiger partial charge on any atom is -0.508 e. The minimum absolute atomic E-state index is 0.0287. The third kappa shape index (κ3) is 10.7. The summed E-state index contributed by atoms with van der Waals surface area (Å²) in [4.78, 5) is 0. The van der Waals surface area contributed by atoms with E-state index in [9.17, 15) is 128 Å². The predicted octanol–water partition coefficient (Wildman–Crippen LogP) is 7.34. The molecule has 105 heavy (non-hydrogen) atoms. The van der Waals surface area contributed by atoms with Crippen LogP contribution < -0.4 is 23.7 Å². The maximum absolute atomic E-state index is 13.6. The molecule has 0 radical (unpaired) electrons. The maximum Gasteiger partial charge on any atom is 0.157 e. The van der Waals surface area contributed by atoms with Gasteiger partial charge in [0.2, 0.25) is 0 Å². The third-order valence-electron chi connectivity index (χ3n) is 20.2. The summed E-state index contributed by atoms with van der Waals surface area (Å²) in [5.74, 6) is -27.1. The monoisotopic (exact) mass is 1440 g/mol. The van der Waals surface area contributed by atoms with Crippen LogP contribution >= 0.6 is 0 Å². The highest BCUT2D eigenvalue weighted by Gasteiger charge is 2.54. The first kappa shape index (κ1) is 67.8. The summed E-state index contributed by atoms with van der Waals surface area (Å²) in [5.41, 5.74) is -5.91. The van der Waals surface area contributed by atoms with Gasteiger partial charge in [0.15, 0.2) is 81.9 Å². The molecule has 25 N–H and O–H groups in total. The van der Waals surface area contributed by atoms with E-state index in [1.807, 2.05) is 0 Å². The molecule has 0 amide bonds. The van der Waals surface area contributed by atoms with Gasteiger partial charge in [0.1, 0.15) is 117 Å². The van der Waals surface area contributed by atoms with E-state index in [-0.39, 0.29) is 39.1 Å². The fourth-order valence-electron chi connectivity index (χ4n) is 15.4. The molecular formula is C75H62O30. The van der Waals surface area contributed by atoms with Gasteiger partial charge in [-0.3, -0.25) is 0 Å². The van der Waals surface area contributed by atoms with E-state index in [0.29, 0.717) is 0 Å². The molecule has 5 aliphatic rings. The van der Waals surface area contributed by atoms with Crippen LogP contribution in [0.5, 0.6) is 144 Å². The van der Waals surface area contributed by atoms with Crippen LogP contribution in [-0.2, 0) is 6.42 Å². The number of rotatable bonds is 9. The quantitative estimate of drug-likeness (QED) is 0.0628. The Kier molecular flexibility index (Phi) is 15.9. The molecule has 0 aromatic heterocycles. The normalized spacial score (nSPS) is 24.2. The molecule has 5 aliphatic heterocycles. The molecule has 15 rings (SSSR count). The van der Waals surface area contributed by atoms with Crippen LogP contribution in [0.15, 0.2) is 127 Å². The van der Waals surface area contributed by atoms with E-state index in [0.717, 1.165) is 97.1 Å². The molecule has 10 aromatic rings. The summed E-state index contributed by atoms with van der Waals surface area (Å²) in [6, 6.07) is 21.5. The van der Waals surface area contributed by atoms with Crippen LogP contribution in [0, 0.1) is 0 Å². The Morgan fingerprint density at radius 2 is 0.505 bits per heavy atom. The second-order valence-electron chi connectivity index (χ2n) is 26.3. The summed E-state index contributed by atoms with van der Waals surface area (Å²) in [6.07, 6.45) is -19.5. The molecule has 14 unspecified atom stereocenters. The zero-order chi connectivity index (χ0) is 74.7. The van der Waals surface area contributed by atoms with Crippen LogP contribution in [0.3, 0.4) is 0 Å². The highest BCUT2D eigenvalue weighted by atomic mass is 16.5. The molecule has 0 saturated heterocycles. The average molecular weight is 1440 g/mol. The van der Waals surface area contributed by atoms with Gasteiger partial charge in [0.05, 0.1) is 29.8 Å². The standard InChI is InChI=1S/C75H62O30/c76-28-16-41(88)51-47(17-28)101-71(24-2-7-31(78)37(84)12-24)66(97)59(51)52-43(90)20-48-56(63(52)94)60(67(98)72(102-48)25-3-8-32(79)38(85)13-25)53-44(91)21-49-57(64(53)95)61(68(99)73(103-49)26-4-9-33(80)39(86)14-26)54-45(92)22-50-58(65(54)96)62(69(100)74(104-50)27-5-10-34(81)40(87)15-27)55-42(89)19-35(82)29-18-46(93)70(105-75(29)55)23-1-6-30(77)36(83)11-23/h1-17,19-22,46,59-62,66-74,76-100H,18H2. The molecule has 0 saturated carbocycles. The number of benzene rings is 10. The zero-order valence-electron chi connectivity index (χ0n) is 53.6. The van der Waals surface area contributed by atoms with Gasteiger partial charge in [-0.2, -0.15) is 0 Å². The van der Waals surface area contributed by atoms with Crippen molar-refractivity contribution < 1.29 is 151 Å². The Labute approximate surface area is 589 Å². The van der Waals surface area contributed by atoms with Crippen molar-refractivity contribution in [3.8, 4) is 144 Å². The van der Waals surface area contributed by atoms with Crippen molar-refractivity contribution in [2.75, 3.05) is 0 Å². The van der Waals surface area contributed by atoms with Crippen LogP contribution in [0.4, 0.5) is 0 Å². The highest BCUT2D eigenvalue weighted by molar-refractivity contribution is 5.75. The second-order valence-corrected chi connectivity index (χ2v) is 26.3. The molecule has 30 heteroatoms. The van der Waals surface area contributed by atoms with Gasteiger partial charge >= 0.3 is 0 Å². The van der Waals surface area contributed by atoms with E-state index in [2.05, 4.69) is 0 Å². The zero-order valence-corrected chi connectivity index (χ0v) is 53.6. The maximum atomic E-state index is 13.6. The number of aromatic hydroxyl groups is 20. The summed E-state index contributed by atoms with van der Waals surface area (Å²) in [6.45, 7) is 0. The SMILES string of the molecule is Oc1cc(O)c2c(c1)OC(c1ccc(O)c(O)c1)C(O)C2c1c(O)cc2c(c1O)C(c1c(O)cc3c(c1O)C(c1c(O)cc4c(c1O)C(c1c(O)cc(O)c5c1OC(c1ccc(O)c(O)c1)C(O)C5)C(O)C(c1ccc(O)c(O)c1)O4)C(O)C(c1ccc(O)c(O)c1)O3)C(O)C(c1ccc(O)c(O)c1)O2. The van der Waals surface area contributed by atoms with Crippen molar-refractivity contribution in [1.82, 2.24) is 0 Å². The largest absolute Gasteiger partial charge is 0.508 e. The smallest absolute Gasteiger partial charge is 0.157 e. The topological polar surface area (TPSA) is 552 Å². The minimum atomic E-state index is -2.32. The van der Waals surface area contributed by atoms with Gasteiger partial charge in [0.25, 0.3) is 0 Å². The number of hydrogen-bond acceptors (Lipinski definition) is 30. The number of ether oxygens (including phenoxy) is 5. The van der Waals surface area contributed by atoms with E-state index in [1.54, 1.807) is 0 Å². The van der Waals surface area contributed by atoms with Crippen molar-refractivity contribution in [3.63, 3.8) is 0 Å². The number of phenolic OH excluding ortho intramolecular Hbond substituents is 20. The van der Waals surface area contributed by atoms with E-state index in [4.69, 9.17) is 23.7 Å². The van der Waals surface area contributed by atoms with Crippen LogP contribution in [0.2, 0.25) is 0 Å². The fraction of sp³-hybridized carbons (Fsp3) is 0.200. The van der Waals surface area contributed by atoms with Crippen LogP contribution in [-0.4, -0.2) is 158 Å². The number of aliphatic hydroxyl groups excluding tert-OH is 5. The summed E-state index contributed by atoms with van der Waals surface area (Å²) in [5, 5.41) is 294. The number of fused-ring (bicyclic) bond motifs is 5. The number of hydrogen-bond donors (Lipinski definition) is 25. The fourth-order valence-corrected chi connectivity index (χ4v) is 15.4. The Morgan fingerprint density at radius 1 is 0.229 bits per heavy atom. The lowest BCUT2D eigenvalue weighted by atomic mass is 9.72. The molecule has 10 aromatic carbocycles. The van der Waals surface area contributed by atoms with Gasteiger partial charge in [0, 0.05) is 92.9 Å². The summed E-state index contributed by atoms with van der Waals surface area (Å²) >= 11 is 0. The van der Waals surface area contributed by atoms with Gasteiger partial charge in [-0.25, -0.2) is 0 Å². The second kappa shape index (κ2) is 24.6. The molecule has 542 valence electrons. The molecule has 14 atom stereocenters. The first-order valence-corrected chi connectivity index (χ1v) is 32.1. The molecule has 0 fully saturated rings.